The van der Waals surface area contributed by atoms with Gasteiger partial charge in [0, 0.05) is 24.5 Å². The first-order chi connectivity index (χ1) is 9.54. The van der Waals surface area contributed by atoms with Gasteiger partial charge >= 0.3 is 11.9 Å². The number of rotatable bonds is 4. The molecule has 0 spiro atoms. The third kappa shape index (κ3) is 2.68. The molecule has 0 amide bonds. The average Bonchev–Trinajstić information content (AvgIpc) is 2.75. The van der Waals surface area contributed by atoms with Crippen LogP contribution in [0.4, 0.5) is 0 Å². The maximum absolute atomic E-state index is 11.8. The number of hydroxylamine groups is 1. The van der Waals surface area contributed by atoms with Gasteiger partial charge in [0.15, 0.2) is 0 Å². The van der Waals surface area contributed by atoms with Crippen molar-refractivity contribution >= 4 is 17.6 Å². The summed E-state index contributed by atoms with van der Waals surface area (Å²) in [7, 11) is 0. The fourth-order valence-electron chi connectivity index (χ4n) is 2.16. The maximum Gasteiger partial charge on any atom is 0.374 e. The Morgan fingerprint density at radius 2 is 2.20 bits per heavy atom. The van der Waals surface area contributed by atoms with Crippen molar-refractivity contribution in [2.24, 2.45) is 0 Å². The van der Waals surface area contributed by atoms with E-state index in [2.05, 4.69) is 5.48 Å². The van der Waals surface area contributed by atoms with Crippen molar-refractivity contribution in [3.63, 3.8) is 0 Å². The Hall–Kier alpha value is -2.24. The van der Waals surface area contributed by atoms with Gasteiger partial charge in [0.1, 0.15) is 5.76 Å². The molecule has 0 fully saturated rings. The summed E-state index contributed by atoms with van der Waals surface area (Å²) in [6.07, 6.45) is 3.34. The van der Waals surface area contributed by atoms with E-state index >= 15 is 0 Å². The fourth-order valence-corrected chi connectivity index (χ4v) is 2.16. The summed E-state index contributed by atoms with van der Waals surface area (Å²) >= 11 is 0. The number of ether oxygens (including phenoxy) is 1. The minimum absolute atomic E-state index is 0.203. The number of hydrogen-bond donors (Lipinski definition) is 1. The molecule has 108 valence electrons. The van der Waals surface area contributed by atoms with Crippen molar-refractivity contribution in [3.8, 4) is 0 Å². The number of fused-ring (bicyclic) bond motifs is 1. The zero-order valence-corrected chi connectivity index (χ0v) is 11.7. The zero-order chi connectivity index (χ0) is 14.7. The molecule has 2 rings (SSSR count). The Kier molecular flexibility index (Phi) is 4.12. The number of aryl methyl sites for hydroxylation is 1. The molecule has 1 aromatic heterocycles. The molecule has 0 unspecified atom stereocenters. The van der Waals surface area contributed by atoms with Gasteiger partial charge in [-0.25, -0.2) is 10.3 Å². The summed E-state index contributed by atoms with van der Waals surface area (Å²) in [6.45, 7) is 5.12. The highest BCUT2D eigenvalue weighted by molar-refractivity contribution is 5.90. The van der Waals surface area contributed by atoms with Crippen LogP contribution < -0.4 is 5.48 Å². The number of hydrogen-bond acceptors (Lipinski definition) is 6. The molecule has 0 aromatic carbocycles. The lowest BCUT2D eigenvalue weighted by Crippen LogP contribution is -2.19. The van der Waals surface area contributed by atoms with Gasteiger partial charge in [0.05, 0.1) is 12.3 Å². The fraction of sp³-hybridized carbons (Fsp3) is 0.429. The van der Waals surface area contributed by atoms with E-state index < -0.39 is 11.9 Å². The predicted molar refractivity (Wildman–Crippen MR) is 70.6 cm³/mol. The van der Waals surface area contributed by atoms with Crippen molar-refractivity contribution in [1.29, 1.82) is 0 Å². The molecule has 1 N–H and O–H groups in total. The molecule has 6 nitrogen and oxygen atoms in total. The predicted octanol–water partition coefficient (Wildman–Crippen LogP) is 2.12. The molecule has 0 atom stereocenters. The van der Waals surface area contributed by atoms with Crippen LogP contribution in [0.15, 0.2) is 10.5 Å². The van der Waals surface area contributed by atoms with E-state index in [9.17, 15) is 9.59 Å². The second-order valence-corrected chi connectivity index (χ2v) is 4.43. The molecular weight excluding hydrogens is 262 g/mol. The Balaban J connectivity index is 2.31. The molecule has 0 aliphatic heterocycles. The van der Waals surface area contributed by atoms with Gasteiger partial charge in [-0.3, -0.25) is 4.79 Å². The lowest BCUT2D eigenvalue weighted by atomic mass is 9.99. The number of esters is 1. The standard InChI is InChI=1S/C14H17NO5/c1-4-18-14(17)13-8(2)12-10(15-20-9(3)16)6-5-7-11(12)19-13/h6,15H,4-5,7H2,1-3H3. The SMILES string of the molecule is CCOC(=O)c1oc2c(c1C)C(NOC(C)=O)=CCC2. The average molecular weight is 279 g/mol. The molecular formula is C14H17NO5. The number of furan rings is 1. The van der Waals surface area contributed by atoms with E-state index in [-0.39, 0.29) is 12.4 Å². The van der Waals surface area contributed by atoms with Crippen molar-refractivity contribution in [3.05, 3.63) is 28.7 Å². The summed E-state index contributed by atoms with van der Waals surface area (Å²) in [5, 5.41) is 0. The van der Waals surface area contributed by atoms with Crippen LogP contribution in [0.25, 0.3) is 5.70 Å². The lowest BCUT2D eigenvalue weighted by molar-refractivity contribution is -0.145. The van der Waals surface area contributed by atoms with Crippen molar-refractivity contribution in [2.45, 2.75) is 33.6 Å². The molecule has 1 heterocycles. The van der Waals surface area contributed by atoms with Gasteiger partial charge in [-0.1, -0.05) is 6.08 Å². The summed E-state index contributed by atoms with van der Waals surface area (Å²) in [6, 6.07) is 0. The zero-order valence-electron chi connectivity index (χ0n) is 11.7. The molecule has 0 saturated heterocycles. The Morgan fingerprint density at radius 1 is 1.45 bits per heavy atom. The monoisotopic (exact) mass is 279 g/mol. The van der Waals surface area contributed by atoms with Crippen LogP contribution >= 0.6 is 0 Å². The first-order valence-corrected chi connectivity index (χ1v) is 6.48. The van der Waals surface area contributed by atoms with Crippen molar-refractivity contribution < 1.29 is 23.6 Å². The highest BCUT2D eigenvalue weighted by Gasteiger charge is 2.27. The topological polar surface area (TPSA) is 77.8 Å². The van der Waals surface area contributed by atoms with Crippen LogP contribution in [0.5, 0.6) is 0 Å². The molecule has 0 saturated carbocycles. The molecule has 0 bridgehead atoms. The highest BCUT2D eigenvalue weighted by atomic mass is 16.7. The normalized spacial score (nSPS) is 13.2. The van der Waals surface area contributed by atoms with Crippen LogP contribution in [-0.4, -0.2) is 18.5 Å². The van der Waals surface area contributed by atoms with Gasteiger partial charge in [-0.05, 0) is 20.3 Å². The van der Waals surface area contributed by atoms with Gasteiger partial charge in [-0.15, -0.1) is 0 Å². The minimum atomic E-state index is -0.480. The molecule has 1 aromatic rings. The summed E-state index contributed by atoms with van der Waals surface area (Å²) in [5.41, 5.74) is 4.69. The largest absolute Gasteiger partial charge is 0.460 e. The van der Waals surface area contributed by atoms with Crippen LogP contribution in [0.1, 0.15) is 47.7 Å². The lowest BCUT2D eigenvalue weighted by Gasteiger charge is -2.14. The highest BCUT2D eigenvalue weighted by Crippen LogP contribution is 2.32. The van der Waals surface area contributed by atoms with E-state index in [0.717, 1.165) is 12.0 Å². The van der Waals surface area contributed by atoms with E-state index in [0.29, 0.717) is 23.4 Å². The van der Waals surface area contributed by atoms with E-state index in [1.807, 2.05) is 6.08 Å². The van der Waals surface area contributed by atoms with Gasteiger partial charge in [0.2, 0.25) is 5.76 Å². The quantitative estimate of drug-likeness (QED) is 0.672. The first kappa shape index (κ1) is 14.2. The Morgan fingerprint density at radius 3 is 2.85 bits per heavy atom. The second kappa shape index (κ2) is 5.81. The van der Waals surface area contributed by atoms with Gasteiger partial charge < -0.3 is 14.0 Å². The number of carbonyl (C=O) groups excluding carboxylic acids is 2. The molecule has 1 aliphatic carbocycles. The third-order valence-corrected chi connectivity index (χ3v) is 2.97. The van der Waals surface area contributed by atoms with Crippen molar-refractivity contribution in [1.82, 2.24) is 5.48 Å². The van der Waals surface area contributed by atoms with Crippen LogP contribution in [0.3, 0.4) is 0 Å². The van der Waals surface area contributed by atoms with Crippen LogP contribution in [0, 0.1) is 6.92 Å². The molecule has 6 heteroatoms. The maximum atomic E-state index is 11.8. The number of carbonyl (C=O) groups is 2. The summed E-state index contributed by atoms with van der Waals surface area (Å²) in [5.74, 6) is -0.0204. The minimum Gasteiger partial charge on any atom is -0.460 e. The first-order valence-electron chi connectivity index (χ1n) is 6.48. The van der Waals surface area contributed by atoms with Crippen LogP contribution in [0.2, 0.25) is 0 Å². The van der Waals surface area contributed by atoms with E-state index in [4.69, 9.17) is 14.0 Å². The number of allylic oxidation sites excluding steroid dienone is 1. The summed E-state index contributed by atoms with van der Waals surface area (Å²) in [4.78, 5) is 27.5. The smallest absolute Gasteiger partial charge is 0.374 e. The van der Waals surface area contributed by atoms with Crippen LogP contribution in [-0.2, 0) is 20.8 Å². The van der Waals surface area contributed by atoms with Gasteiger partial charge in [0.25, 0.3) is 0 Å². The Labute approximate surface area is 116 Å². The van der Waals surface area contributed by atoms with E-state index in [1.54, 1.807) is 13.8 Å². The Bertz CT molecular complexity index is 570. The summed E-state index contributed by atoms with van der Waals surface area (Å²) < 4.78 is 10.6. The second-order valence-electron chi connectivity index (χ2n) is 4.43. The molecule has 20 heavy (non-hydrogen) atoms. The van der Waals surface area contributed by atoms with E-state index in [1.165, 1.54) is 6.92 Å². The number of nitrogens with one attached hydrogen (secondary N) is 1. The molecule has 1 aliphatic rings. The third-order valence-electron chi connectivity index (χ3n) is 2.97. The van der Waals surface area contributed by atoms with Crippen molar-refractivity contribution in [2.75, 3.05) is 6.61 Å². The molecule has 0 radical (unpaired) electrons. The van der Waals surface area contributed by atoms with Gasteiger partial charge in [-0.2, -0.15) is 0 Å².